The molecule has 1 amide bonds. The Bertz CT molecular complexity index is 958. The lowest BCUT2D eigenvalue weighted by molar-refractivity contribution is -0.192. The summed E-state index contributed by atoms with van der Waals surface area (Å²) in [5, 5.41) is 9.11. The first kappa shape index (κ1) is 24.5. The second kappa shape index (κ2) is 10.5. The van der Waals surface area contributed by atoms with Gasteiger partial charge in [-0.1, -0.05) is 6.07 Å². The highest BCUT2D eigenvalue weighted by atomic mass is 32.1. The van der Waals surface area contributed by atoms with Crippen LogP contribution in [0, 0.1) is 0 Å². The van der Waals surface area contributed by atoms with Gasteiger partial charge in [0.15, 0.2) is 0 Å². The molecule has 3 heterocycles. The summed E-state index contributed by atoms with van der Waals surface area (Å²) in [7, 11) is 3.89. The minimum atomic E-state index is -5.08. The van der Waals surface area contributed by atoms with E-state index in [4.69, 9.17) is 9.90 Å². The van der Waals surface area contributed by atoms with Crippen molar-refractivity contribution in [3.8, 4) is 0 Å². The second-order valence-electron chi connectivity index (χ2n) is 7.12. The van der Waals surface area contributed by atoms with Gasteiger partial charge in [0.05, 0.1) is 18.7 Å². The molecule has 0 saturated carbocycles. The molecule has 0 radical (unpaired) electrons. The van der Waals surface area contributed by atoms with E-state index in [1.807, 2.05) is 41.4 Å². The second-order valence-corrected chi connectivity index (χ2v) is 8.15. The Morgan fingerprint density at radius 3 is 2.52 bits per heavy atom. The number of thiophene rings is 1. The third kappa shape index (κ3) is 7.47. The fourth-order valence-corrected chi connectivity index (χ4v) is 3.62. The molecule has 1 aliphatic heterocycles. The van der Waals surface area contributed by atoms with E-state index in [1.165, 1.54) is 0 Å². The van der Waals surface area contributed by atoms with Gasteiger partial charge in [-0.2, -0.15) is 13.2 Å². The molecule has 12 heteroatoms. The van der Waals surface area contributed by atoms with Crippen LogP contribution in [0.5, 0.6) is 0 Å². The van der Waals surface area contributed by atoms with Crippen molar-refractivity contribution in [3.05, 3.63) is 50.3 Å². The van der Waals surface area contributed by atoms with Crippen LogP contribution in [0.1, 0.15) is 22.8 Å². The van der Waals surface area contributed by atoms with Gasteiger partial charge in [-0.05, 0) is 32.0 Å². The van der Waals surface area contributed by atoms with Crippen LogP contribution in [0.2, 0.25) is 0 Å². The maximum atomic E-state index is 12.6. The van der Waals surface area contributed by atoms with E-state index in [1.54, 1.807) is 22.0 Å². The number of halogens is 3. The third-order valence-electron chi connectivity index (χ3n) is 4.26. The van der Waals surface area contributed by atoms with Crippen molar-refractivity contribution < 1.29 is 27.9 Å². The summed E-state index contributed by atoms with van der Waals surface area (Å²) >= 11 is 1.59. The first-order chi connectivity index (χ1) is 14.5. The average Bonchev–Trinajstić information content (AvgIpc) is 3.05. The Morgan fingerprint density at radius 1 is 1.29 bits per heavy atom. The molecule has 0 aromatic carbocycles. The van der Waals surface area contributed by atoms with Crippen LogP contribution in [0.25, 0.3) is 0 Å². The Morgan fingerprint density at radius 2 is 1.97 bits per heavy atom. The molecule has 0 unspecified atom stereocenters. The van der Waals surface area contributed by atoms with E-state index in [0.717, 1.165) is 17.0 Å². The summed E-state index contributed by atoms with van der Waals surface area (Å²) in [6.45, 7) is 2.30. The zero-order valence-corrected chi connectivity index (χ0v) is 17.9. The van der Waals surface area contributed by atoms with Crippen molar-refractivity contribution in [1.29, 1.82) is 0 Å². The van der Waals surface area contributed by atoms with Crippen LogP contribution in [0.3, 0.4) is 0 Å². The third-order valence-corrected chi connectivity index (χ3v) is 5.14. The van der Waals surface area contributed by atoms with E-state index in [0.29, 0.717) is 38.4 Å². The minimum Gasteiger partial charge on any atom is -0.475 e. The number of hydrogen-bond donors (Lipinski definition) is 1. The molecule has 31 heavy (non-hydrogen) atoms. The smallest absolute Gasteiger partial charge is 0.475 e. The van der Waals surface area contributed by atoms with Crippen molar-refractivity contribution in [1.82, 2.24) is 19.4 Å². The van der Waals surface area contributed by atoms with Crippen molar-refractivity contribution >= 4 is 23.2 Å². The molecule has 0 atom stereocenters. The maximum absolute atomic E-state index is 12.6. The normalized spacial score (nSPS) is 13.8. The SMILES string of the molecule is CN(C)Cc1cc(=O)n2c(n1)CN(C(=O)Cc1cccs1)CCC2.O=C(O)C(F)(F)F. The molecular formula is C19H23F3N4O4S. The zero-order chi connectivity index (χ0) is 23.2. The van der Waals surface area contributed by atoms with Gasteiger partial charge < -0.3 is 14.9 Å². The van der Waals surface area contributed by atoms with Crippen molar-refractivity contribution in [2.75, 3.05) is 20.6 Å². The Balaban J connectivity index is 0.000000423. The number of carboxylic acids is 1. The van der Waals surface area contributed by atoms with E-state index in [-0.39, 0.29) is 11.5 Å². The lowest BCUT2D eigenvalue weighted by atomic mass is 10.3. The summed E-state index contributed by atoms with van der Waals surface area (Å²) in [4.78, 5) is 43.3. The van der Waals surface area contributed by atoms with Gasteiger partial charge in [-0.3, -0.25) is 14.2 Å². The first-order valence-corrected chi connectivity index (χ1v) is 10.2. The number of carbonyl (C=O) groups is 2. The van der Waals surface area contributed by atoms with Crippen molar-refractivity contribution in [2.24, 2.45) is 0 Å². The maximum Gasteiger partial charge on any atom is 0.490 e. The number of rotatable bonds is 4. The van der Waals surface area contributed by atoms with Gasteiger partial charge in [0.1, 0.15) is 5.82 Å². The molecule has 2 aromatic rings. The molecule has 0 spiro atoms. The molecule has 170 valence electrons. The molecule has 8 nitrogen and oxygen atoms in total. The number of alkyl halides is 3. The highest BCUT2D eigenvalue weighted by molar-refractivity contribution is 7.10. The topological polar surface area (TPSA) is 95.7 Å². The van der Waals surface area contributed by atoms with Gasteiger partial charge >= 0.3 is 12.1 Å². The number of carboxylic acid groups (broad SMARTS) is 1. The molecule has 2 aromatic heterocycles. The van der Waals surface area contributed by atoms with Crippen LogP contribution in [-0.2, 0) is 35.6 Å². The van der Waals surface area contributed by atoms with E-state index < -0.39 is 12.1 Å². The largest absolute Gasteiger partial charge is 0.490 e. The molecule has 0 saturated heterocycles. The fraction of sp³-hybridized carbons (Fsp3) is 0.474. The Labute approximate surface area is 180 Å². The van der Waals surface area contributed by atoms with Crippen LogP contribution in [-0.4, -0.2) is 63.2 Å². The molecular weight excluding hydrogens is 437 g/mol. The fourth-order valence-electron chi connectivity index (χ4n) is 2.93. The molecule has 1 aliphatic rings. The quantitative estimate of drug-likeness (QED) is 0.750. The monoisotopic (exact) mass is 460 g/mol. The Kier molecular flexibility index (Phi) is 8.34. The standard InChI is InChI=1S/C17H22N4O2S.C2HF3O2/c1-19(2)11-13-9-17(23)21-7-4-6-20(12-15(21)18-13)16(22)10-14-5-3-8-24-14;3-2(4,5)1(6)7/h3,5,8-9H,4,6-7,10-12H2,1-2H3;(H,6,7). The summed E-state index contributed by atoms with van der Waals surface area (Å²) in [6, 6.07) is 5.54. The molecule has 0 bridgehead atoms. The van der Waals surface area contributed by atoms with Crippen LogP contribution in [0.15, 0.2) is 28.4 Å². The minimum absolute atomic E-state index is 0.0237. The Hall–Kier alpha value is -2.73. The lowest BCUT2D eigenvalue weighted by Crippen LogP contribution is -2.33. The van der Waals surface area contributed by atoms with Crippen LogP contribution >= 0.6 is 11.3 Å². The molecule has 0 aliphatic carbocycles. The predicted molar refractivity (Wildman–Crippen MR) is 108 cm³/mol. The molecule has 0 fully saturated rings. The van der Waals surface area contributed by atoms with Crippen molar-refractivity contribution in [3.63, 3.8) is 0 Å². The number of aromatic nitrogens is 2. The highest BCUT2D eigenvalue weighted by Crippen LogP contribution is 2.15. The summed E-state index contributed by atoms with van der Waals surface area (Å²) in [5.41, 5.74) is 0.730. The van der Waals surface area contributed by atoms with Crippen LogP contribution < -0.4 is 5.56 Å². The summed E-state index contributed by atoms with van der Waals surface area (Å²) in [5.74, 6) is -1.97. The van der Waals surface area contributed by atoms with Gasteiger partial charge in [0, 0.05) is 30.6 Å². The van der Waals surface area contributed by atoms with Gasteiger partial charge in [-0.15, -0.1) is 11.3 Å². The van der Waals surface area contributed by atoms with E-state index >= 15 is 0 Å². The van der Waals surface area contributed by atoms with E-state index in [9.17, 15) is 22.8 Å². The summed E-state index contributed by atoms with van der Waals surface area (Å²) < 4.78 is 33.4. The first-order valence-electron chi connectivity index (χ1n) is 9.32. The molecule has 1 N–H and O–H groups in total. The van der Waals surface area contributed by atoms with Crippen LogP contribution in [0.4, 0.5) is 13.2 Å². The summed E-state index contributed by atoms with van der Waals surface area (Å²) in [6.07, 6.45) is -3.89. The lowest BCUT2D eigenvalue weighted by Gasteiger charge is -2.20. The number of nitrogens with zero attached hydrogens (tertiary/aromatic N) is 4. The highest BCUT2D eigenvalue weighted by Gasteiger charge is 2.38. The number of aliphatic carboxylic acids is 1. The zero-order valence-electron chi connectivity index (χ0n) is 17.1. The number of fused-ring (bicyclic) bond motifs is 1. The van der Waals surface area contributed by atoms with E-state index in [2.05, 4.69) is 4.98 Å². The molecule has 3 rings (SSSR count). The van der Waals surface area contributed by atoms with Gasteiger partial charge in [0.25, 0.3) is 5.56 Å². The van der Waals surface area contributed by atoms with Gasteiger partial charge in [0.2, 0.25) is 5.91 Å². The number of hydrogen-bond acceptors (Lipinski definition) is 6. The number of amides is 1. The average molecular weight is 460 g/mol. The van der Waals surface area contributed by atoms with Gasteiger partial charge in [-0.25, -0.2) is 9.78 Å². The van der Waals surface area contributed by atoms with Crippen molar-refractivity contribution in [2.45, 2.75) is 38.7 Å². The number of carbonyl (C=O) groups excluding carboxylic acids is 1. The predicted octanol–water partition coefficient (Wildman–Crippen LogP) is 1.97.